The predicted octanol–water partition coefficient (Wildman–Crippen LogP) is 0.970. The lowest BCUT2D eigenvalue weighted by Crippen LogP contribution is -2.15. The normalized spacial score (nSPS) is 17.2. The lowest BCUT2D eigenvalue weighted by Gasteiger charge is -1.99. The van der Waals surface area contributed by atoms with Crippen molar-refractivity contribution < 1.29 is 0 Å². The number of aromatic amines is 1. The van der Waals surface area contributed by atoms with Crippen LogP contribution >= 0.6 is 0 Å². The summed E-state index contributed by atoms with van der Waals surface area (Å²) in [6, 6.07) is 0.782. The monoisotopic (exact) mass is 151 g/mol. The summed E-state index contributed by atoms with van der Waals surface area (Å²) in [7, 11) is 0. The van der Waals surface area contributed by atoms with Crippen LogP contribution in [0.4, 0.5) is 0 Å². The average Bonchev–Trinajstić information content (AvgIpc) is 2.73. The molecule has 1 saturated carbocycles. The maximum Gasteiger partial charge on any atom is 0.0535 e. The van der Waals surface area contributed by atoms with Crippen LogP contribution in [0.1, 0.15) is 24.1 Å². The molecule has 1 aliphatic carbocycles. The Hall–Kier alpha value is -0.830. The maximum absolute atomic E-state index is 3.96. The first-order valence-corrected chi connectivity index (χ1v) is 4.08. The van der Waals surface area contributed by atoms with E-state index in [-0.39, 0.29) is 0 Å². The average molecular weight is 151 g/mol. The summed E-state index contributed by atoms with van der Waals surface area (Å²) in [5, 5.41) is 10.3. The number of aryl methyl sites for hydroxylation is 1. The van der Waals surface area contributed by atoms with Crippen molar-refractivity contribution >= 4 is 0 Å². The molecule has 0 aromatic carbocycles. The zero-order valence-corrected chi connectivity index (χ0v) is 6.72. The molecule has 2 rings (SSSR count). The van der Waals surface area contributed by atoms with Gasteiger partial charge in [0.15, 0.2) is 0 Å². The topological polar surface area (TPSA) is 40.7 Å². The van der Waals surface area contributed by atoms with Gasteiger partial charge in [-0.1, -0.05) is 0 Å². The molecule has 1 fully saturated rings. The van der Waals surface area contributed by atoms with Crippen molar-refractivity contribution in [1.29, 1.82) is 0 Å². The number of nitrogens with one attached hydrogen (secondary N) is 2. The molecule has 1 aliphatic rings. The Morgan fingerprint density at radius 2 is 2.55 bits per heavy atom. The first-order valence-electron chi connectivity index (χ1n) is 4.08. The van der Waals surface area contributed by atoms with E-state index in [1.165, 1.54) is 24.1 Å². The van der Waals surface area contributed by atoms with E-state index in [1.54, 1.807) is 0 Å². The van der Waals surface area contributed by atoms with E-state index in [0.717, 1.165) is 12.6 Å². The number of rotatable bonds is 3. The van der Waals surface area contributed by atoms with Crippen LogP contribution in [0.2, 0.25) is 0 Å². The minimum Gasteiger partial charge on any atom is -0.310 e. The van der Waals surface area contributed by atoms with Crippen molar-refractivity contribution in [3.05, 3.63) is 17.5 Å². The highest BCUT2D eigenvalue weighted by molar-refractivity contribution is 5.14. The third kappa shape index (κ3) is 1.60. The Kier molecular flexibility index (Phi) is 1.66. The lowest BCUT2D eigenvalue weighted by atomic mass is 10.2. The van der Waals surface area contributed by atoms with Gasteiger partial charge in [0.05, 0.1) is 6.20 Å². The van der Waals surface area contributed by atoms with Crippen LogP contribution in [0.3, 0.4) is 0 Å². The molecule has 0 unspecified atom stereocenters. The molecule has 0 amide bonds. The molecule has 0 radical (unpaired) electrons. The Labute approximate surface area is 66.2 Å². The zero-order valence-electron chi connectivity index (χ0n) is 6.72. The van der Waals surface area contributed by atoms with Gasteiger partial charge in [0, 0.05) is 23.8 Å². The molecule has 3 nitrogen and oxygen atoms in total. The smallest absolute Gasteiger partial charge is 0.0535 e. The quantitative estimate of drug-likeness (QED) is 0.675. The summed E-state index contributed by atoms with van der Waals surface area (Å²) in [5.41, 5.74) is 2.47. The SMILES string of the molecule is Cc1[nH]ncc1CNC1CC1. The predicted molar refractivity (Wildman–Crippen MR) is 43.2 cm³/mol. The van der Waals surface area contributed by atoms with Crippen LogP contribution in [0.5, 0.6) is 0 Å². The van der Waals surface area contributed by atoms with Crippen molar-refractivity contribution in [2.75, 3.05) is 0 Å². The van der Waals surface area contributed by atoms with Crippen molar-refractivity contribution in [2.45, 2.75) is 32.4 Å². The van der Waals surface area contributed by atoms with E-state index in [9.17, 15) is 0 Å². The standard InChI is InChI=1S/C8H13N3/c1-6-7(5-10-11-6)4-9-8-2-3-8/h5,8-9H,2-4H2,1H3,(H,10,11). The fourth-order valence-corrected chi connectivity index (χ4v) is 1.10. The second kappa shape index (κ2) is 2.66. The molecule has 11 heavy (non-hydrogen) atoms. The number of hydrogen-bond acceptors (Lipinski definition) is 2. The van der Waals surface area contributed by atoms with E-state index >= 15 is 0 Å². The Bertz CT molecular complexity index is 237. The maximum atomic E-state index is 3.96. The summed E-state index contributed by atoms with van der Waals surface area (Å²) in [5.74, 6) is 0. The molecule has 60 valence electrons. The van der Waals surface area contributed by atoms with Gasteiger partial charge in [-0.25, -0.2) is 0 Å². The Morgan fingerprint density at radius 3 is 3.09 bits per heavy atom. The van der Waals surface area contributed by atoms with Gasteiger partial charge in [-0.05, 0) is 19.8 Å². The zero-order chi connectivity index (χ0) is 7.68. The van der Waals surface area contributed by atoms with Gasteiger partial charge in [0.1, 0.15) is 0 Å². The summed E-state index contributed by atoms with van der Waals surface area (Å²) in [4.78, 5) is 0. The molecule has 0 spiro atoms. The number of H-pyrrole nitrogens is 1. The summed E-state index contributed by atoms with van der Waals surface area (Å²) in [6.45, 7) is 3.02. The highest BCUT2D eigenvalue weighted by Crippen LogP contribution is 2.19. The molecular weight excluding hydrogens is 138 g/mol. The minimum absolute atomic E-state index is 0.782. The van der Waals surface area contributed by atoms with E-state index in [2.05, 4.69) is 22.4 Å². The molecule has 1 aromatic rings. The third-order valence-electron chi connectivity index (χ3n) is 2.09. The molecule has 3 heteroatoms. The summed E-state index contributed by atoms with van der Waals surface area (Å²) in [6.07, 6.45) is 4.58. The van der Waals surface area contributed by atoms with E-state index in [4.69, 9.17) is 0 Å². The molecular formula is C8H13N3. The molecule has 0 aliphatic heterocycles. The number of nitrogens with zero attached hydrogens (tertiary/aromatic N) is 1. The van der Waals surface area contributed by atoms with E-state index in [1.807, 2.05) is 6.20 Å². The van der Waals surface area contributed by atoms with Gasteiger partial charge >= 0.3 is 0 Å². The molecule has 1 heterocycles. The van der Waals surface area contributed by atoms with Gasteiger partial charge in [-0.15, -0.1) is 0 Å². The van der Waals surface area contributed by atoms with Crippen molar-refractivity contribution in [2.24, 2.45) is 0 Å². The first kappa shape index (κ1) is 6.85. The fraction of sp³-hybridized carbons (Fsp3) is 0.625. The second-order valence-corrected chi connectivity index (χ2v) is 3.18. The fourth-order valence-electron chi connectivity index (χ4n) is 1.10. The van der Waals surface area contributed by atoms with Gasteiger partial charge in [-0.3, -0.25) is 5.10 Å². The molecule has 0 bridgehead atoms. The number of aromatic nitrogens is 2. The molecule has 2 N–H and O–H groups in total. The molecule has 0 saturated heterocycles. The second-order valence-electron chi connectivity index (χ2n) is 3.18. The molecule has 1 aromatic heterocycles. The van der Waals surface area contributed by atoms with Crippen LogP contribution in [0, 0.1) is 6.92 Å². The third-order valence-corrected chi connectivity index (χ3v) is 2.09. The van der Waals surface area contributed by atoms with E-state index < -0.39 is 0 Å². The van der Waals surface area contributed by atoms with Gasteiger partial charge in [-0.2, -0.15) is 5.10 Å². The van der Waals surface area contributed by atoms with Gasteiger partial charge in [0.25, 0.3) is 0 Å². The largest absolute Gasteiger partial charge is 0.310 e. The minimum atomic E-state index is 0.782. The van der Waals surface area contributed by atoms with Crippen LogP contribution in [-0.2, 0) is 6.54 Å². The van der Waals surface area contributed by atoms with Crippen LogP contribution < -0.4 is 5.32 Å². The van der Waals surface area contributed by atoms with Crippen molar-refractivity contribution in [3.8, 4) is 0 Å². The van der Waals surface area contributed by atoms with Crippen molar-refractivity contribution in [1.82, 2.24) is 15.5 Å². The lowest BCUT2D eigenvalue weighted by molar-refractivity contribution is 0.685. The highest BCUT2D eigenvalue weighted by Gasteiger charge is 2.20. The van der Waals surface area contributed by atoms with E-state index in [0.29, 0.717) is 0 Å². The molecule has 0 atom stereocenters. The Morgan fingerprint density at radius 1 is 1.73 bits per heavy atom. The van der Waals surface area contributed by atoms with Crippen LogP contribution in [0.15, 0.2) is 6.20 Å². The first-order chi connectivity index (χ1) is 5.36. The summed E-state index contributed by atoms with van der Waals surface area (Å²) < 4.78 is 0. The number of hydrogen-bond donors (Lipinski definition) is 2. The van der Waals surface area contributed by atoms with Crippen LogP contribution in [0.25, 0.3) is 0 Å². The highest BCUT2D eigenvalue weighted by atomic mass is 15.1. The summed E-state index contributed by atoms with van der Waals surface area (Å²) >= 11 is 0. The Balaban J connectivity index is 1.89. The van der Waals surface area contributed by atoms with Gasteiger partial charge < -0.3 is 5.32 Å². The van der Waals surface area contributed by atoms with Crippen LogP contribution in [-0.4, -0.2) is 16.2 Å². The van der Waals surface area contributed by atoms with Crippen molar-refractivity contribution in [3.63, 3.8) is 0 Å². The van der Waals surface area contributed by atoms with Gasteiger partial charge in [0.2, 0.25) is 0 Å².